The zero-order valence-electron chi connectivity index (χ0n) is 15.8. The maximum Gasteiger partial charge on any atom is 0.260 e. The van der Waals surface area contributed by atoms with Crippen LogP contribution in [0, 0.1) is 0 Å². The SMILES string of the molecule is COc1ccc2nc(N(CCCn3ccnc3)C(=O)c3ccc(Br)cc3)sc2c1. The van der Waals surface area contributed by atoms with E-state index in [1.54, 1.807) is 24.5 Å². The van der Waals surface area contributed by atoms with Gasteiger partial charge in [-0.05, 0) is 48.9 Å². The van der Waals surface area contributed by atoms with Gasteiger partial charge in [0.2, 0.25) is 0 Å². The van der Waals surface area contributed by atoms with Gasteiger partial charge in [0, 0.05) is 35.5 Å². The first-order chi connectivity index (χ1) is 14.1. The third-order valence-corrected chi connectivity index (χ3v) is 6.08. The first kappa shape index (κ1) is 19.6. The van der Waals surface area contributed by atoms with E-state index >= 15 is 0 Å². The summed E-state index contributed by atoms with van der Waals surface area (Å²) in [5.74, 6) is 0.716. The number of anilines is 1. The average molecular weight is 471 g/mol. The van der Waals surface area contributed by atoms with Crippen LogP contribution in [-0.2, 0) is 6.54 Å². The van der Waals surface area contributed by atoms with Crippen LogP contribution in [0.15, 0.2) is 65.7 Å². The lowest BCUT2D eigenvalue weighted by Crippen LogP contribution is -2.32. The number of halogens is 1. The van der Waals surface area contributed by atoms with E-state index < -0.39 is 0 Å². The second-order valence-corrected chi connectivity index (χ2v) is 8.37. The van der Waals surface area contributed by atoms with Crippen LogP contribution in [0.3, 0.4) is 0 Å². The minimum absolute atomic E-state index is 0.0610. The Kier molecular flexibility index (Phi) is 5.92. The second-order valence-electron chi connectivity index (χ2n) is 6.45. The Morgan fingerprint density at radius 3 is 2.79 bits per heavy atom. The Balaban J connectivity index is 1.63. The van der Waals surface area contributed by atoms with Gasteiger partial charge in [0.25, 0.3) is 5.91 Å². The van der Waals surface area contributed by atoms with E-state index in [1.807, 2.05) is 53.2 Å². The number of rotatable bonds is 7. The molecule has 0 saturated heterocycles. The van der Waals surface area contributed by atoms with E-state index in [1.165, 1.54) is 11.3 Å². The van der Waals surface area contributed by atoms with E-state index in [0.29, 0.717) is 17.2 Å². The highest BCUT2D eigenvalue weighted by Crippen LogP contribution is 2.32. The van der Waals surface area contributed by atoms with E-state index in [2.05, 4.69) is 20.9 Å². The van der Waals surface area contributed by atoms with Crippen LogP contribution in [0.2, 0.25) is 0 Å². The number of ether oxygens (including phenoxy) is 1. The molecule has 2 aromatic heterocycles. The van der Waals surface area contributed by atoms with E-state index in [-0.39, 0.29) is 5.91 Å². The Morgan fingerprint density at radius 1 is 1.24 bits per heavy atom. The quantitative estimate of drug-likeness (QED) is 0.381. The van der Waals surface area contributed by atoms with Gasteiger partial charge < -0.3 is 9.30 Å². The molecule has 4 aromatic rings. The van der Waals surface area contributed by atoms with Crippen molar-refractivity contribution in [3.8, 4) is 5.75 Å². The average Bonchev–Trinajstić information content (AvgIpc) is 3.40. The van der Waals surface area contributed by atoms with E-state index in [4.69, 9.17) is 9.72 Å². The maximum absolute atomic E-state index is 13.3. The van der Waals surface area contributed by atoms with Gasteiger partial charge in [0.05, 0.1) is 23.7 Å². The molecule has 4 rings (SSSR count). The number of aromatic nitrogens is 3. The van der Waals surface area contributed by atoms with Crippen LogP contribution in [0.4, 0.5) is 5.13 Å². The van der Waals surface area contributed by atoms with Crippen molar-refractivity contribution in [2.24, 2.45) is 0 Å². The molecule has 0 aliphatic rings. The van der Waals surface area contributed by atoms with Crippen LogP contribution in [0.25, 0.3) is 10.2 Å². The normalized spacial score (nSPS) is 11.0. The largest absolute Gasteiger partial charge is 0.497 e. The molecule has 0 bridgehead atoms. The fraction of sp³-hybridized carbons (Fsp3) is 0.190. The number of nitrogens with zero attached hydrogens (tertiary/aromatic N) is 4. The zero-order chi connectivity index (χ0) is 20.2. The van der Waals surface area contributed by atoms with Crippen molar-refractivity contribution in [1.29, 1.82) is 0 Å². The molecule has 1 amide bonds. The lowest BCUT2D eigenvalue weighted by atomic mass is 10.2. The third-order valence-electron chi connectivity index (χ3n) is 4.51. The maximum atomic E-state index is 13.3. The molecule has 0 unspecified atom stereocenters. The number of hydrogen-bond donors (Lipinski definition) is 0. The van der Waals surface area contributed by atoms with Crippen molar-refractivity contribution in [1.82, 2.24) is 14.5 Å². The van der Waals surface area contributed by atoms with Crippen LogP contribution in [0.5, 0.6) is 5.75 Å². The lowest BCUT2D eigenvalue weighted by molar-refractivity contribution is 0.0986. The highest BCUT2D eigenvalue weighted by atomic mass is 79.9. The predicted octanol–water partition coefficient (Wildman–Crippen LogP) is 5.00. The van der Waals surface area contributed by atoms with Gasteiger partial charge in [0.15, 0.2) is 5.13 Å². The summed E-state index contributed by atoms with van der Waals surface area (Å²) in [6, 6.07) is 13.1. The minimum Gasteiger partial charge on any atom is -0.497 e. The van der Waals surface area contributed by atoms with Crippen molar-refractivity contribution >= 4 is 48.5 Å². The summed E-state index contributed by atoms with van der Waals surface area (Å²) in [7, 11) is 1.64. The fourth-order valence-corrected chi connectivity index (χ4v) is 4.28. The number of hydrogen-bond acceptors (Lipinski definition) is 5. The number of thiazole rings is 1. The highest BCUT2D eigenvalue weighted by Gasteiger charge is 2.21. The summed E-state index contributed by atoms with van der Waals surface area (Å²) in [4.78, 5) is 23.8. The molecule has 0 aliphatic heterocycles. The Hall–Kier alpha value is -2.71. The molecule has 0 atom stereocenters. The monoisotopic (exact) mass is 470 g/mol. The van der Waals surface area contributed by atoms with Gasteiger partial charge in [0.1, 0.15) is 5.75 Å². The molecule has 29 heavy (non-hydrogen) atoms. The molecular formula is C21H19BrN4O2S. The van der Waals surface area contributed by atoms with Crippen molar-refractivity contribution in [3.63, 3.8) is 0 Å². The van der Waals surface area contributed by atoms with Crippen molar-refractivity contribution in [2.75, 3.05) is 18.6 Å². The number of imidazole rings is 1. The summed E-state index contributed by atoms with van der Waals surface area (Å²) >= 11 is 4.92. The number of carbonyl (C=O) groups is 1. The second kappa shape index (κ2) is 8.75. The first-order valence-electron chi connectivity index (χ1n) is 9.12. The lowest BCUT2D eigenvalue weighted by Gasteiger charge is -2.20. The smallest absolute Gasteiger partial charge is 0.260 e. The van der Waals surface area contributed by atoms with Gasteiger partial charge in [-0.1, -0.05) is 27.3 Å². The molecule has 2 heterocycles. The number of aryl methyl sites for hydroxylation is 1. The standard InChI is InChI=1S/C21H19BrN4O2S/c1-28-17-7-8-18-19(13-17)29-21(24-18)26(11-2-10-25-12-9-23-14-25)20(27)15-3-5-16(22)6-4-15/h3-9,12-14H,2,10-11H2,1H3. The van der Waals surface area contributed by atoms with Gasteiger partial charge in [-0.25, -0.2) is 9.97 Å². The van der Waals surface area contributed by atoms with Crippen molar-refractivity contribution < 1.29 is 9.53 Å². The van der Waals surface area contributed by atoms with E-state index in [0.717, 1.165) is 33.4 Å². The van der Waals surface area contributed by atoms with Gasteiger partial charge in [-0.15, -0.1) is 0 Å². The van der Waals surface area contributed by atoms with Gasteiger partial charge >= 0.3 is 0 Å². The summed E-state index contributed by atoms with van der Waals surface area (Å²) in [5, 5.41) is 0.687. The van der Waals surface area contributed by atoms with Gasteiger partial charge in [-0.3, -0.25) is 9.69 Å². The Morgan fingerprint density at radius 2 is 2.07 bits per heavy atom. The van der Waals surface area contributed by atoms with Gasteiger partial charge in [-0.2, -0.15) is 0 Å². The minimum atomic E-state index is -0.0610. The molecule has 148 valence electrons. The van der Waals surface area contributed by atoms with Crippen molar-refractivity contribution in [3.05, 3.63) is 71.2 Å². The molecule has 8 heteroatoms. The van der Waals surface area contributed by atoms with Crippen LogP contribution in [-0.4, -0.2) is 34.1 Å². The molecule has 0 saturated carbocycles. The number of fused-ring (bicyclic) bond motifs is 1. The van der Waals surface area contributed by atoms with E-state index in [9.17, 15) is 4.79 Å². The van der Waals surface area contributed by atoms with Crippen LogP contribution < -0.4 is 9.64 Å². The number of benzene rings is 2. The topological polar surface area (TPSA) is 60.2 Å². The molecule has 0 fully saturated rings. The molecule has 0 N–H and O–H groups in total. The molecule has 0 aliphatic carbocycles. The molecular weight excluding hydrogens is 452 g/mol. The highest BCUT2D eigenvalue weighted by molar-refractivity contribution is 9.10. The summed E-state index contributed by atoms with van der Waals surface area (Å²) in [5.41, 5.74) is 1.49. The summed E-state index contributed by atoms with van der Waals surface area (Å²) in [6.07, 6.45) is 6.25. The van der Waals surface area contributed by atoms with Crippen LogP contribution in [0.1, 0.15) is 16.8 Å². The Bertz CT molecular complexity index is 1110. The summed E-state index contributed by atoms with van der Waals surface area (Å²) < 4.78 is 9.24. The number of carbonyl (C=O) groups excluding carboxylic acids is 1. The van der Waals surface area contributed by atoms with Crippen LogP contribution >= 0.6 is 27.3 Å². The first-order valence-corrected chi connectivity index (χ1v) is 10.7. The Labute approximate surface area is 180 Å². The predicted molar refractivity (Wildman–Crippen MR) is 119 cm³/mol. The third kappa shape index (κ3) is 4.49. The summed E-state index contributed by atoms with van der Waals surface area (Å²) in [6.45, 7) is 1.34. The molecule has 6 nitrogen and oxygen atoms in total. The fourth-order valence-electron chi connectivity index (χ4n) is 3.00. The van der Waals surface area contributed by atoms with Crippen molar-refractivity contribution in [2.45, 2.75) is 13.0 Å². The molecule has 2 aromatic carbocycles. The number of methoxy groups -OCH3 is 1. The molecule has 0 spiro atoms. The number of amides is 1. The zero-order valence-corrected chi connectivity index (χ0v) is 18.2. The molecule has 0 radical (unpaired) electrons.